The molecule has 0 saturated heterocycles. The molecule has 0 bridgehead atoms. The van der Waals surface area contributed by atoms with Crippen molar-refractivity contribution >= 4 is 45.2 Å². The summed E-state index contributed by atoms with van der Waals surface area (Å²) >= 11 is 8.50. The number of aromatic nitrogens is 2. The minimum absolute atomic E-state index is 0.714. The fourth-order valence-electron chi connectivity index (χ4n) is 1.93. The highest BCUT2D eigenvalue weighted by Crippen LogP contribution is 2.29. The average Bonchev–Trinajstić information content (AvgIpc) is 2.74. The third kappa shape index (κ3) is 2.12. The molecule has 0 aliphatic rings. The number of imidazole rings is 1. The molecule has 1 N–H and O–H groups in total. The number of aryl methyl sites for hydroxylation is 1. The Bertz CT molecular complexity index is 734. The zero-order valence-corrected chi connectivity index (χ0v) is 12.6. The molecule has 18 heavy (non-hydrogen) atoms. The summed E-state index contributed by atoms with van der Waals surface area (Å²) in [6.07, 6.45) is 0. The lowest BCUT2D eigenvalue weighted by atomic mass is 10.2. The summed E-state index contributed by atoms with van der Waals surface area (Å²) in [6.45, 7) is 2.07. The predicted octanol–water partition coefficient (Wildman–Crippen LogP) is 4.80. The van der Waals surface area contributed by atoms with Crippen LogP contribution in [-0.4, -0.2) is 9.97 Å². The van der Waals surface area contributed by atoms with E-state index < -0.39 is 0 Å². The largest absolute Gasteiger partial charge is 0.338 e. The molecule has 4 heteroatoms. The van der Waals surface area contributed by atoms with Gasteiger partial charge in [0.25, 0.3) is 0 Å². The molecular formula is C14H10ClIN2. The predicted molar refractivity (Wildman–Crippen MR) is 84.0 cm³/mol. The monoisotopic (exact) mass is 368 g/mol. The summed E-state index contributed by atoms with van der Waals surface area (Å²) in [4.78, 5) is 7.90. The number of nitrogens with zero attached hydrogens (tertiary/aromatic N) is 1. The van der Waals surface area contributed by atoms with Crippen LogP contribution in [-0.2, 0) is 0 Å². The van der Waals surface area contributed by atoms with E-state index in [4.69, 9.17) is 11.6 Å². The Hall–Kier alpha value is -1.07. The van der Waals surface area contributed by atoms with E-state index in [0.29, 0.717) is 5.02 Å². The second kappa shape index (κ2) is 4.55. The lowest BCUT2D eigenvalue weighted by molar-refractivity contribution is 1.33. The molecular weight excluding hydrogens is 359 g/mol. The molecule has 90 valence electrons. The highest BCUT2D eigenvalue weighted by molar-refractivity contribution is 14.1. The van der Waals surface area contributed by atoms with Crippen LogP contribution < -0.4 is 0 Å². The van der Waals surface area contributed by atoms with Crippen molar-refractivity contribution in [3.8, 4) is 11.4 Å². The third-order valence-electron chi connectivity index (χ3n) is 2.82. The fraction of sp³-hybridized carbons (Fsp3) is 0.0714. The second-order valence-electron chi connectivity index (χ2n) is 4.23. The van der Waals surface area contributed by atoms with Crippen LogP contribution in [0.2, 0.25) is 5.02 Å². The van der Waals surface area contributed by atoms with Gasteiger partial charge < -0.3 is 4.98 Å². The van der Waals surface area contributed by atoms with Gasteiger partial charge in [-0.3, -0.25) is 0 Å². The lowest BCUT2D eigenvalue weighted by Gasteiger charge is -2.00. The molecule has 0 atom stereocenters. The highest BCUT2D eigenvalue weighted by Gasteiger charge is 2.09. The van der Waals surface area contributed by atoms with Gasteiger partial charge in [0.1, 0.15) is 5.82 Å². The van der Waals surface area contributed by atoms with Crippen LogP contribution in [0, 0.1) is 10.5 Å². The number of fused-ring (bicyclic) bond motifs is 1. The summed E-state index contributed by atoms with van der Waals surface area (Å²) in [5.74, 6) is 0.819. The minimum atomic E-state index is 0.714. The summed E-state index contributed by atoms with van der Waals surface area (Å²) in [7, 11) is 0. The molecule has 0 aliphatic heterocycles. The van der Waals surface area contributed by atoms with Crippen molar-refractivity contribution < 1.29 is 0 Å². The average molecular weight is 369 g/mol. The van der Waals surface area contributed by atoms with Gasteiger partial charge in [0.05, 0.1) is 16.1 Å². The van der Waals surface area contributed by atoms with E-state index in [1.54, 1.807) is 0 Å². The standard InChI is InChI=1S/C14H10ClIN2/c1-8-2-5-12-13(6-8)18-14(17-12)10-7-9(16)3-4-11(10)15/h2-7H,1H3,(H,17,18). The minimum Gasteiger partial charge on any atom is -0.338 e. The SMILES string of the molecule is Cc1ccc2nc(-c3cc(I)ccc3Cl)[nH]c2c1. The molecule has 3 rings (SSSR count). The number of hydrogen-bond donors (Lipinski definition) is 1. The molecule has 0 spiro atoms. The zero-order valence-electron chi connectivity index (χ0n) is 9.67. The third-order valence-corrected chi connectivity index (χ3v) is 3.82. The molecule has 0 amide bonds. The maximum atomic E-state index is 6.23. The molecule has 0 radical (unpaired) electrons. The first-order valence-electron chi connectivity index (χ1n) is 5.55. The summed E-state index contributed by atoms with van der Waals surface area (Å²) < 4.78 is 1.14. The molecule has 0 aliphatic carbocycles. The first-order valence-corrected chi connectivity index (χ1v) is 7.01. The Labute approximate surface area is 124 Å². The van der Waals surface area contributed by atoms with Gasteiger partial charge in [-0.1, -0.05) is 17.7 Å². The Morgan fingerprint density at radius 2 is 2.00 bits per heavy atom. The molecule has 3 aromatic rings. The Morgan fingerprint density at radius 1 is 1.17 bits per heavy atom. The van der Waals surface area contributed by atoms with Gasteiger partial charge in [-0.15, -0.1) is 0 Å². The van der Waals surface area contributed by atoms with Crippen molar-refractivity contribution in [2.75, 3.05) is 0 Å². The maximum absolute atomic E-state index is 6.23. The maximum Gasteiger partial charge on any atom is 0.140 e. The molecule has 0 saturated carbocycles. The number of aromatic amines is 1. The Kier molecular flexibility index (Phi) is 3.03. The normalized spacial score (nSPS) is 11.1. The Morgan fingerprint density at radius 3 is 2.83 bits per heavy atom. The van der Waals surface area contributed by atoms with Crippen LogP contribution in [0.3, 0.4) is 0 Å². The van der Waals surface area contributed by atoms with E-state index >= 15 is 0 Å². The van der Waals surface area contributed by atoms with Crippen LogP contribution in [0.5, 0.6) is 0 Å². The number of hydrogen-bond acceptors (Lipinski definition) is 1. The van der Waals surface area contributed by atoms with E-state index in [1.807, 2.05) is 24.3 Å². The van der Waals surface area contributed by atoms with Gasteiger partial charge in [-0.25, -0.2) is 4.98 Å². The summed E-state index contributed by atoms with van der Waals surface area (Å²) in [6, 6.07) is 12.1. The topological polar surface area (TPSA) is 28.7 Å². The van der Waals surface area contributed by atoms with E-state index in [0.717, 1.165) is 26.0 Å². The van der Waals surface area contributed by atoms with Crippen LogP contribution in [0.15, 0.2) is 36.4 Å². The van der Waals surface area contributed by atoms with Gasteiger partial charge in [-0.2, -0.15) is 0 Å². The second-order valence-corrected chi connectivity index (χ2v) is 5.88. The number of halogens is 2. The fourth-order valence-corrected chi connectivity index (χ4v) is 2.63. The lowest BCUT2D eigenvalue weighted by Crippen LogP contribution is -1.83. The molecule has 0 unspecified atom stereocenters. The van der Waals surface area contributed by atoms with E-state index in [-0.39, 0.29) is 0 Å². The number of benzene rings is 2. The van der Waals surface area contributed by atoms with Gasteiger partial charge in [0, 0.05) is 9.13 Å². The van der Waals surface area contributed by atoms with Crippen molar-refractivity contribution in [2.24, 2.45) is 0 Å². The van der Waals surface area contributed by atoms with Crippen molar-refractivity contribution in [1.29, 1.82) is 0 Å². The number of nitrogens with one attached hydrogen (secondary N) is 1. The van der Waals surface area contributed by atoms with Crippen LogP contribution >= 0.6 is 34.2 Å². The van der Waals surface area contributed by atoms with Crippen LogP contribution in [0.1, 0.15) is 5.56 Å². The van der Waals surface area contributed by atoms with Gasteiger partial charge in [0.15, 0.2) is 0 Å². The van der Waals surface area contributed by atoms with E-state index in [2.05, 4.69) is 51.6 Å². The molecule has 0 fully saturated rings. The van der Waals surface area contributed by atoms with Gasteiger partial charge >= 0.3 is 0 Å². The van der Waals surface area contributed by atoms with Crippen molar-refractivity contribution in [1.82, 2.24) is 9.97 Å². The molecule has 2 nitrogen and oxygen atoms in total. The molecule has 1 aromatic heterocycles. The first kappa shape index (κ1) is 12.0. The first-order chi connectivity index (χ1) is 8.63. The van der Waals surface area contributed by atoms with Crippen LogP contribution in [0.4, 0.5) is 0 Å². The van der Waals surface area contributed by atoms with Crippen molar-refractivity contribution in [3.05, 3.63) is 50.6 Å². The Balaban J connectivity index is 2.22. The highest BCUT2D eigenvalue weighted by atomic mass is 127. The van der Waals surface area contributed by atoms with Crippen LogP contribution in [0.25, 0.3) is 22.4 Å². The molecule has 1 heterocycles. The summed E-state index contributed by atoms with van der Waals surface area (Å²) in [5, 5.41) is 0.714. The van der Waals surface area contributed by atoms with E-state index in [9.17, 15) is 0 Å². The van der Waals surface area contributed by atoms with Gasteiger partial charge in [-0.05, 0) is 65.4 Å². The number of rotatable bonds is 1. The quantitative estimate of drug-likeness (QED) is 0.614. The number of H-pyrrole nitrogens is 1. The van der Waals surface area contributed by atoms with Crippen molar-refractivity contribution in [2.45, 2.75) is 6.92 Å². The van der Waals surface area contributed by atoms with Gasteiger partial charge in [0.2, 0.25) is 0 Å². The van der Waals surface area contributed by atoms with Crippen molar-refractivity contribution in [3.63, 3.8) is 0 Å². The zero-order chi connectivity index (χ0) is 12.7. The smallest absolute Gasteiger partial charge is 0.140 e. The van der Waals surface area contributed by atoms with E-state index in [1.165, 1.54) is 5.56 Å². The molecule has 2 aromatic carbocycles. The summed E-state index contributed by atoms with van der Waals surface area (Å²) in [5.41, 5.74) is 4.16.